The van der Waals surface area contributed by atoms with Crippen molar-refractivity contribution in [3.8, 4) is 5.75 Å². The van der Waals surface area contributed by atoms with Crippen LogP contribution in [-0.2, 0) is 19.7 Å². The minimum atomic E-state index is -0.434. The summed E-state index contributed by atoms with van der Waals surface area (Å²) < 4.78 is 8.88. The summed E-state index contributed by atoms with van der Waals surface area (Å²) >= 11 is 0. The van der Waals surface area contributed by atoms with E-state index in [1.807, 2.05) is 67.6 Å². The second-order valence-corrected chi connectivity index (χ2v) is 7.20. The van der Waals surface area contributed by atoms with Crippen LogP contribution in [-0.4, -0.2) is 29.5 Å². The van der Waals surface area contributed by atoms with Crippen LogP contribution in [0.15, 0.2) is 67.0 Å². The summed E-state index contributed by atoms with van der Waals surface area (Å²) in [5.41, 5.74) is 2.83. The SMILES string of the molecule is Cc1ccc(/C=C/c2ncc([N+](=O)[O-])n2CCn2cc(COc3ccccc3)nn2)cc1. The van der Waals surface area contributed by atoms with Gasteiger partial charge in [0.25, 0.3) is 0 Å². The molecule has 0 amide bonds. The summed E-state index contributed by atoms with van der Waals surface area (Å²) in [5, 5.41) is 19.7. The zero-order valence-corrected chi connectivity index (χ0v) is 17.5. The Morgan fingerprint density at radius 2 is 1.84 bits per heavy atom. The first-order valence-corrected chi connectivity index (χ1v) is 10.1. The van der Waals surface area contributed by atoms with Gasteiger partial charge < -0.3 is 14.9 Å². The first kappa shape index (κ1) is 21.0. The molecule has 0 aliphatic rings. The third kappa shape index (κ3) is 5.25. The van der Waals surface area contributed by atoms with Gasteiger partial charge in [0.05, 0.1) is 12.7 Å². The lowest BCUT2D eigenvalue weighted by Crippen LogP contribution is -2.11. The number of aromatic nitrogens is 5. The van der Waals surface area contributed by atoms with Crippen LogP contribution in [0.4, 0.5) is 5.82 Å². The van der Waals surface area contributed by atoms with Crippen LogP contribution >= 0.6 is 0 Å². The second-order valence-electron chi connectivity index (χ2n) is 7.20. The van der Waals surface area contributed by atoms with E-state index in [2.05, 4.69) is 15.3 Å². The fraction of sp³-hybridized carbons (Fsp3) is 0.174. The molecule has 0 fully saturated rings. The summed E-state index contributed by atoms with van der Waals surface area (Å²) in [6, 6.07) is 17.5. The fourth-order valence-electron chi connectivity index (χ4n) is 3.13. The predicted octanol–water partition coefficient (Wildman–Crippen LogP) is 4.14. The number of para-hydroxylation sites is 1. The molecule has 0 radical (unpaired) electrons. The van der Waals surface area contributed by atoms with Crippen molar-refractivity contribution in [2.45, 2.75) is 26.6 Å². The third-order valence-corrected chi connectivity index (χ3v) is 4.82. The molecule has 4 rings (SSSR count). The smallest absolute Gasteiger partial charge is 0.343 e. The number of nitro groups is 1. The second kappa shape index (κ2) is 9.69. The van der Waals surface area contributed by atoms with E-state index in [-0.39, 0.29) is 5.82 Å². The van der Waals surface area contributed by atoms with Gasteiger partial charge in [0.2, 0.25) is 5.82 Å². The van der Waals surface area contributed by atoms with Crippen molar-refractivity contribution in [3.63, 3.8) is 0 Å². The summed E-state index contributed by atoms with van der Waals surface area (Å²) in [6.45, 7) is 3.04. The highest BCUT2D eigenvalue weighted by Gasteiger charge is 2.18. The monoisotopic (exact) mass is 430 g/mol. The molecule has 0 atom stereocenters. The lowest BCUT2D eigenvalue weighted by molar-refractivity contribution is -0.392. The van der Waals surface area contributed by atoms with Crippen LogP contribution in [0, 0.1) is 17.0 Å². The van der Waals surface area contributed by atoms with Crippen LogP contribution in [0.25, 0.3) is 12.2 Å². The molecule has 9 heteroatoms. The fourth-order valence-corrected chi connectivity index (χ4v) is 3.13. The van der Waals surface area contributed by atoms with Crippen LogP contribution in [0.3, 0.4) is 0 Å². The van der Waals surface area contributed by atoms with Gasteiger partial charge >= 0.3 is 5.82 Å². The Bertz CT molecular complexity index is 1210. The summed E-state index contributed by atoms with van der Waals surface area (Å²) in [5.74, 6) is 1.19. The van der Waals surface area contributed by atoms with Crippen LogP contribution in [0.2, 0.25) is 0 Å². The Kier molecular flexibility index (Phi) is 6.35. The van der Waals surface area contributed by atoms with E-state index in [0.29, 0.717) is 31.2 Å². The zero-order valence-electron chi connectivity index (χ0n) is 17.5. The molecule has 0 saturated carbocycles. The van der Waals surface area contributed by atoms with E-state index in [1.54, 1.807) is 21.5 Å². The highest BCUT2D eigenvalue weighted by Crippen LogP contribution is 2.17. The molecular formula is C23H22N6O3. The Hall–Kier alpha value is -4.27. The molecule has 0 bridgehead atoms. The topological polar surface area (TPSA) is 101 Å². The number of hydrogen-bond donors (Lipinski definition) is 0. The summed E-state index contributed by atoms with van der Waals surface area (Å²) in [4.78, 5) is 15.2. The maximum Gasteiger partial charge on any atom is 0.343 e. The quantitative estimate of drug-likeness (QED) is 0.292. The van der Waals surface area contributed by atoms with E-state index in [0.717, 1.165) is 11.3 Å². The van der Waals surface area contributed by atoms with Crippen LogP contribution < -0.4 is 4.74 Å². The van der Waals surface area contributed by atoms with Crippen molar-refractivity contribution in [2.75, 3.05) is 0 Å². The average Bonchev–Trinajstić information content (AvgIpc) is 3.43. The molecule has 2 aromatic carbocycles. The van der Waals surface area contributed by atoms with Gasteiger partial charge in [0.1, 0.15) is 30.8 Å². The lowest BCUT2D eigenvalue weighted by Gasteiger charge is -2.04. The zero-order chi connectivity index (χ0) is 22.3. The van der Waals surface area contributed by atoms with Gasteiger partial charge in [-0.3, -0.25) is 0 Å². The average molecular weight is 430 g/mol. The molecule has 9 nitrogen and oxygen atoms in total. The number of rotatable bonds is 9. The maximum absolute atomic E-state index is 11.5. The number of hydrogen-bond acceptors (Lipinski definition) is 6. The molecule has 162 valence electrons. The number of imidazole rings is 1. The van der Waals surface area contributed by atoms with Gasteiger partial charge in [-0.2, -0.15) is 0 Å². The largest absolute Gasteiger partial charge is 0.487 e. The van der Waals surface area contributed by atoms with Gasteiger partial charge in [-0.1, -0.05) is 53.2 Å². The summed E-state index contributed by atoms with van der Waals surface area (Å²) in [7, 11) is 0. The minimum Gasteiger partial charge on any atom is -0.487 e. The molecule has 0 saturated heterocycles. The predicted molar refractivity (Wildman–Crippen MR) is 120 cm³/mol. The molecule has 0 N–H and O–H groups in total. The Labute approximate surface area is 184 Å². The van der Waals surface area contributed by atoms with E-state index >= 15 is 0 Å². The Balaban J connectivity index is 1.43. The van der Waals surface area contributed by atoms with Crippen molar-refractivity contribution in [1.82, 2.24) is 24.5 Å². The van der Waals surface area contributed by atoms with Crippen molar-refractivity contribution in [2.24, 2.45) is 0 Å². The van der Waals surface area contributed by atoms with E-state index < -0.39 is 4.92 Å². The summed E-state index contributed by atoms with van der Waals surface area (Å²) in [6.07, 6.45) is 6.71. The van der Waals surface area contributed by atoms with Crippen LogP contribution in [0.5, 0.6) is 5.75 Å². The highest BCUT2D eigenvalue weighted by molar-refractivity contribution is 5.67. The molecule has 0 aliphatic heterocycles. The van der Waals surface area contributed by atoms with Crippen molar-refractivity contribution < 1.29 is 9.66 Å². The van der Waals surface area contributed by atoms with E-state index in [1.165, 1.54) is 11.8 Å². The van der Waals surface area contributed by atoms with Crippen LogP contribution in [0.1, 0.15) is 22.6 Å². The first-order valence-electron chi connectivity index (χ1n) is 10.1. The molecule has 32 heavy (non-hydrogen) atoms. The molecular weight excluding hydrogens is 408 g/mol. The molecule has 2 aromatic heterocycles. The first-order chi connectivity index (χ1) is 15.6. The number of aryl methyl sites for hydroxylation is 2. The number of ether oxygens (including phenoxy) is 1. The molecule has 0 unspecified atom stereocenters. The van der Waals surface area contributed by atoms with Gasteiger partial charge in [0, 0.05) is 6.08 Å². The van der Waals surface area contributed by atoms with Gasteiger partial charge in [-0.15, -0.1) is 5.10 Å². The van der Waals surface area contributed by atoms with E-state index in [9.17, 15) is 10.1 Å². The molecule has 4 aromatic rings. The van der Waals surface area contributed by atoms with Gasteiger partial charge in [-0.05, 0) is 35.6 Å². The van der Waals surface area contributed by atoms with Crippen molar-refractivity contribution in [1.29, 1.82) is 0 Å². The third-order valence-electron chi connectivity index (χ3n) is 4.82. The highest BCUT2D eigenvalue weighted by atomic mass is 16.6. The Morgan fingerprint density at radius 3 is 2.59 bits per heavy atom. The Morgan fingerprint density at radius 1 is 1.06 bits per heavy atom. The van der Waals surface area contributed by atoms with E-state index in [4.69, 9.17) is 4.74 Å². The molecule has 0 aliphatic carbocycles. The number of benzene rings is 2. The molecule has 2 heterocycles. The molecule has 0 spiro atoms. The van der Waals surface area contributed by atoms with Gasteiger partial charge in [0.15, 0.2) is 0 Å². The minimum absolute atomic E-state index is 0.0682. The standard InChI is InChI=1S/C23H22N6O3/c1-18-7-9-19(10-8-18)11-12-22-24-15-23(29(30)31)28(22)14-13-27-16-20(25-26-27)17-32-21-5-3-2-4-6-21/h2-12,15-16H,13-14,17H2,1H3/b12-11+. The maximum atomic E-state index is 11.5. The van der Waals surface area contributed by atoms with Gasteiger partial charge in [-0.25, -0.2) is 14.2 Å². The van der Waals surface area contributed by atoms with Crippen molar-refractivity contribution >= 4 is 18.0 Å². The lowest BCUT2D eigenvalue weighted by atomic mass is 10.1. The number of nitrogens with zero attached hydrogens (tertiary/aromatic N) is 6. The normalized spacial score (nSPS) is 11.2. The van der Waals surface area contributed by atoms with Crippen molar-refractivity contribution in [3.05, 3.63) is 99.8 Å².